The van der Waals surface area contributed by atoms with Gasteiger partial charge in [-0.05, 0) is 56.2 Å². The van der Waals surface area contributed by atoms with E-state index in [1.807, 2.05) is 32.2 Å². The first-order chi connectivity index (χ1) is 17.5. The Morgan fingerprint density at radius 1 is 1.22 bits per heavy atom. The Hall–Kier alpha value is -3.98. The number of dihydropyridines is 1. The largest absolute Gasteiger partial charge is 0.398 e. The zero-order valence-corrected chi connectivity index (χ0v) is 21.7. The molecule has 0 fully saturated rings. The third-order valence-electron chi connectivity index (χ3n) is 6.17. The molecule has 0 bridgehead atoms. The number of halogens is 2. The quantitative estimate of drug-likeness (QED) is 0.331. The molecule has 0 radical (unpaired) electrons. The van der Waals surface area contributed by atoms with Gasteiger partial charge in [0.05, 0.1) is 0 Å². The number of nitrogens with two attached hydrogens (primary N) is 2. The van der Waals surface area contributed by atoms with Crippen molar-refractivity contribution in [2.24, 2.45) is 11.5 Å². The number of carbonyl (C=O) groups excluding carboxylic acids is 1. The Kier molecular flexibility index (Phi) is 8.83. The van der Waals surface area contributed by atoms with Crippen molar-refractivity contribution >= 4 is 17.3 Å². The topological polar surface area (TPSA) is 111 Å². The Labute approximate surface area is 216 Å². The maximum absolute atomic E-state index is 14.8. The average molecular weight is 509 g/mol. The molecule has 1 aromatic carbocycles. The van der Waals surface area contributed by atoms with Gasteiger partial charge in [0.1, 0.15) is 17.5 Å². The summed E-state index contributed by atoms with van der Waals surface area (Å²) in [6.07, 6.45) is 11.1. The lowest BCUT2D eigenvalue weighted by molar-refractivity contribution is 0.0826. The number of nitrogens with one attached hydrogen (secondary N) is 2. The molecule has 2 aliphatic rings. The molecule has 0 unspecified atom stereocenters. The van der Waals surface area contributed by atoms with Crippen LogP contribution >= 0.6 is 0 Å². The number of rotatable bonds is 7. The standard InChI is InChI=1S/C28H34F2N6O/c1-17(13-22-18(2)34-10-7-21(22)25(31)5-6-26(32)33)16-36-11-8-19(9-12-36)27-23(29)14-20(15-24(27)30)28(37)35(3)4/h5-8,10,13-15,34H,9,11-12,16,31H2,1-4H3,(H3,32,33)/b6-5-,17-13+,25-21-. The molecule has 2 aliphatic heterocycles. The highest BCUT2D eigenvalue weighted by Crippen LogP contribution is 2.29. The number of carbonyl (C=O) groups is 1. The zero-order valence-electron chi connectivity index (χ0n) is 21.7. The van der Waals surface area contributed by atoms with E-state index < -0.39 is 17.5 Å². The highest BCUT2D eigenvalue weighted by Gasteiger charge is 2.22. The summed E-state index contributed by atoms with van der Waals surface area (Å²) in [6, 6.07) is 2.21. The van der Waals surface area contributed by atoms with Gasteiger partial charge in [0, 0.05) is 73.6 Å². The van der Waals surface area contributed by atoms with Crippen LogP contribution in [0.4, 0.5) is 8.78 Å². The van der Waals surface area contributed by atoms with Crippen molar-refractivity contribution in [1.29, 1.82) is 5.41 Å². The summed E-state index contributed by atoms with van der Waals surface area (Å²) >= 11 is 0. The van der Waals surface area contributed by atoms with Crippen LogP contribution in [0, 0.1) is 17.0 Å². The zero-order chi connectivity index (χ0) is 27.3. The van der Waals surface area contributed by atoms with Crippen molar-refractivity contribution in [3.05, 3.63) is 99.6 Å². The van der Waals surface area contributed by atoms with Crippen molar-refractivity contribution < 1.29 is 13.6 Å². The molecule has 0 saturated carbocycles. The van der Waals surface area contributed by atoms with E-state index in [1.54, 1.807) is 6.08 Å². The maximum Gasteiger partial charge on any atom is 0.253 e. The monoisotopic (exact) mass is 508 g/mol. The van der Waals surface area contributed by atoms with Crippen molar-refractivity contribution in [2.75, 3.05) is 33.7 Å². The molecule has 1 aromatic rings. The van der Waals surface area contributed by atoms with Crippen LogP contribution in [0.1, 0.15) is 36.2 Å². The Morgan fingerprint density at radius 2 is 1.89 bits per heavy atom. The number of hydrogen-bond acceptors (Lipinski definition) is 5. The number of amidine groups is 1. The molecule has 7 nitrogen and oxygen atoms in total. The molecule has 0 aromatic heterocycles. The van der Waals surface area contributed by atoms with Gasteiger partial charge >= 0.3 is 0 Å². The minimum Gasteiger partial charge on any atom is -0.398 e. The lowest BCUT2D eigenvalue weighted by Crippen LogP contribution is -2.30. The predicted octanol–water partition coefficient (Wildman–Crippen LogP) is 3.80. The molecule has 2 heterocycles. The molecular formula is C28H34F2N6O. The van der Waals surface area contributed by atoms with Gasteiger partial charge in [0.2, 0.25) is 0 Å². The van der Waals surface area contributed by atoms with Crippen LogP contribution in [-0.2, 0) is 0 Å². The van der Waals surface area contributed by atoms with Gasteiger partial charge in [0.15, 0.2) is 0 Å². The van der Waals surface area contributed by atoms with E-state index in [4.69, 9.17) is 16.9 Å². The molecule has 3 rings (SSSR count). The smallest absolute Gasteiger partial charge is 0.253 e. The number of allylic oxidation sites excluding steroid dienone is 6. The minimum atomic E-state index is -0.725. The second-order valence-electron chi connectivity index (χ2n) is 9.39. The van der Waals surface area contributed by atoms with Gasteiger partial charge in [-0.3, -0.25) is 15.1 Å². The molecule has 0 spiro atoms. The molecule has 0 atom stereocenters. The lowest BCUT2D eigenvalue weighted by atomic mass is 9.95. The SMILES string of the molecule is CC1=C(/C=C(\C)CN2CC=C(c3c(F)cc(C(=O)N(C)C)cc3F)CC2)/C(=C(N)/C=C\C(=N)N)C=CN1. The summed E-state index contributed by atoms with van der Waals surface area (Å²) in [6.45, 7) is 5.83. The van der Waals surface area contributed by atoms with Crippen molar-refractivity contribution in [3.63, 3.8) is 0 Å². The minimum absolute atomic E-state index is 0.00923. The summed E-state index contributed by atoms with van der Waals surface area (Å²) in [5, 5.41) is 10.6. The number of benzene rings is 1. The van der Waals surface area contributed by atoms with E-state index in [9.17, 15) is 13.6 Å². The first-order valence-corrected chi connectivity index (χ1v) is 11.9. The van der Waals surface area contributed by atoms with Gasteiger partial charge < -0.3 is 21.7 Å². The average Bonchev–Trinajstić information content (AvgIpc) is 2.83. The van der Waals surface area contributed by atoms with Gasteiger partial charge in [0.25, 0.3) is 5.91 Å². The number of amides is 1. The van der Waals surface area contributed by atoms with Crippen LogP contribution in [-0.4, -0.2) is 55.3 Å². The fraction of sp³-hybridized carbons (Fsp3) is 0.286. The summed E-state index contributed by atoms with van der Waals surface area (Å²) in [4.78, 5) is 15.6. The lowest BCUT2D eigenvalue weighted by Gasteiger charge is -2.27. The van der Waals surface area contributed by atoms with Crippen molar-refractivity contribution in [2.45, 2.75) is 20.3 Å². The van der Waals surface area contributed by atoms with Crippen LogP contribution in [0.2, 0.25) is 0 Å². The van der Waals surface area contributed by atoms with Gasteiger partial charge in [-0.25, -0.2) is 8.78 Å². The molecule has 1 amide bonds. The summed E-state index contributed by atoms with van der Waals surface area (Å²) < 4.78 is 29.6. The number of nitrogens with zero attached hydrogens (tertiary/aromatic N) is 2. The van der Waals surface area contributed by atoms with E-state index in [0.29, 0.717) is 37.3 Å². The third kappa shape index (κ3) is 6.83. The number of hydrogen-bond donors (Lipinski definition) is 4. The fourth-order valence-corrected chi connectivity index (χ4v) is 4.31. The molecule has 9 heteroatoms. The highest BCUT2D eigenvalue weighted by atomic mass is 19.1. The van der Waals surface area contributed by atoms with Gasteiger partial charge in [-0.15, -0.1) is 0 Å². The predicted molar refractivity (Wildman–Crippen MR) is 144 cm³/mol. The van der Waals surface area contributed by atoms with Gasteiger partial charge in [-0.1, -0.05) is 17.7 Å². The molecule has 0 saturated heterocycles. The van der Waals surface area contributed by atoms with Crippen LogP contribution in [0.25, 0.3) is 5.57 Å². The highest BCUT2D eigenvalue weighted by molar-refractivity contribution is 5.94. The van der Waals surface area contributed by atoms with Crippen molar-refractivity contribution in [1.82, 2.24) is 15.1 Å². The molecular weight excluding hydrogens is 474 g/mol. The first-order valence-electron chi connectivity index (χ1n) is 11.9. The van der Waals surface area contributed by atoms with Crippen LogP contribution < -0.4 is 16.8 Å². The Morgan fingerprint density at radius 3 is 2.46 bits per heavy atom. The van der Waals surface area contributed by atoms with Gasteiger partial charge in [-0.2, -0.15) is 0 Å². The summed E-state index contributed by atoms with van der Waals surface area (Å²) in [5.74, 6) is -1.97. The van der Waals surface area contributed by atoms with E-state index in [2.05, 4.69) is 16.3 Å². The first kappa shape index (κ1) is 27.6. The molecule has 0 aliphatic carbocycles. The normalized spacial score (nSPS) is 18.1. The third-order valence-corrected chi connectivity index (χ3v) is 6.17. The summed E-state index contributed by atoms with van der Waals surface area (Å²) in [5.41, 5.74) is 16.5. The van der Waals surface area contributed by atoms with E-state index in [0.717, 1.165) is 34.5 Å². The molecule has 196 valence electrons. The van der Waals surface area contributed by atoms with Crippen molar-refractivity contribution in [3.8, 4) is 0 Å². The molecule has 6 N–H and O–H groups in total. The maximum atomic E-state index is 14.8. The second kappa shape index (κ2) is 11.8. The fourth-order valence-electron chi connectivity index (χ4n) is 4.31. The van der Waals surface area contributed by atoms with E-state index >= 15 is 0 Å². The Bertz CT molecular complexity index is 1260. The Balaban J connectivity index is 1.75. The van der Waals surface area contributed by atoms with E-state index in [-0.39, 0.29) is 17.0 Å². The van der Waals surface area contributed by atoms with Crippen LogP contribution in [0.3, 0.4) is 0 Å². The van der Waals surface area contributed by atoms with Crippen LogP contribution in [0.5, 0.6) is 0 Å². The molecule has 37 heavy (non-hydrogen) atoms. The van der Waals surface area contributed by atoms with E-state index in [1.165, 1.54) is 25.1 Å². The second-order valence-corrected chi connectivity index (χ2v) is 9.39. The summed E-state index contributed by atoms with van der Waals surface area (Å²) in [7, 11) is 3.08. The van der Waals surface area contributed by atoms with Crippen LogP contribution in [0.15, 0.2) is 76.8 Å².